The van der Waals surface area contributed by atoms with Gasteiger partial charge in [0.15, 0.2) is 0 Å². The van der Waals surface area contributed by atoms with Crippen molar-refractivity contribution in [1.82, 2.24) is 9.80 Å². The third kappa shape index (κ3) is 8.44. The highest BCUT2D eigenvalue weighted by atomic mass is 32.2. The molecular formula is C31H35N3O3S4. The SMILES string of the molecule is C=C(SCc1ccccc1)c1cc(N(C)CCOC(=O)CN2C(=O)/C(=C/C=C3\SCCN3CC)CC2=S)ccc1S. The molecule has 41 heavy (non-hydrogen) atoms. The van der Waals surface area contributed by atoms with Gasteiger partial charge in [-0.2, -0.15) is 0 Å². The van der Waals surface area contributed by atoms with Gasteiger partial charge in [-0.3, -0.25) is 14.5 Å². The number of thiol groups is 1. The summed E-state index contributed by atoms with van der Waals surface area (Å²) in [6.45, 7) is 8.83. The minimum Gasteiger partial charge on any atom is -0.462 e. The van der Waals surface area contributed by atoms with Crippen LogP contribution in [0.1, 0.15) is 24.5 Å². The van der Waals surface area contributed by atoms with Crippen molar-refractivity contribution < 1.29 is 14.3 Å². The predicted molar refractivity (Wildman–Crippen MR) is 179 cm³/mol. The summed E-state index contributed by atoms with van der Waals surface area (Å²) in [6, 6.07) is 16.3. The summed E-state index contributed by atoms with van der Waals surface area (Å²) in [7, 11) is 1.94. The van der Waals surface area contributed by atoms with E-state index in [-0.39, 0.29) is 19.1 Å². The molecule has 216 valence electrons. The van der Waals surface area contributed by atoms with Crippen LogP contribution in [0.5, 0.6) is 0 Å². The third-order valence-corrected chi connectivity index (χ3v) is 9.73. The van der Waals surface area contributed by atoms with Crippen molar-refractivity contribution >= 4 is 75.8 Å². The number of ether oxygens (including phenoxy) is 1. The number of hydrogen-bond donors (Lipinski definition) is 1. The first-order chi connectivity index (χ1) is 19.8. The molecule has 2 heterocycles. The third-order valence-electron chi connectivity index (χ3n) is 6.85. The normalized spacial score (nSPS) is 17.1. The van der Waals surface area contributed by atoms with Gasteiger partial charge < -0.3 is 14.5 Å². The summed E-state index contributed by atoms with van der Waals surface area (Å²) in [5.41, 5.74) is 3.79. The number of rotatable bonds is 12. The summed E-state index contributed by atoms with van der Waals surface area (Å²) in [4.78, 5) is 33.4. The first-order valence-electron chi connectivity index (χ1n) is 13.5. The Morgan fingerprint density at radius 2 is 2.02 bits per heavy atom. The van der Waals surface area contributed by atoms with Crippen molar-refractivity contribution in [2.45, 2.75) is 24.0 Å². The first-order valence-corrected chi connectivity index (χ1v) is 16.3. The lowest BCUT2D eigenvalue weighted by molar-refractivity contribution is -0.145. The number of allylic oxidation sites excluding steroid dienone is 2. The van der Waals surface area contributed by atoms with E-state index in [0.717, 1.165) is 50.7 Å². The standard InChI is InChI=1S/C31H35N3O3S4/c1-4-33-15-17-40-29(33)13-10-24-18-28(39)34(31(24)36)20-30(35)37-16-14-32(3)25-11-12-27(38)26(19-25)22(2)41-21-23-8-6-5-7-9-23/h5-13,19,38H,2,4,14-18,20-21H2,1,3H3/b24-10+,29-13-. The van der Waals surface area contributed by atoms with Crippen molar-refractivity contribution in [3.05, 3.63) is 89.0 Å². The molecule has 0 atom stereocenters. The molecule has 0 N–H and O–H groups in total. The minimum atomic E-state index is -0.478. The number of carbonyl (C=O) groups excluding carboxylic acids is 2. The van der Waals surface area contributed by atoms with Crippen LogP contribution in [-0.4, -0.2) is 72.3 Å². The largest absolute Gasteiger partial charge is 0.462 e. The molecule has 0 bridgehead atoms. The predicted octanol–water partition coefficient (Wildman–Crippen LogP) is 6.26. The topological polar surface area (TPSA) is 53.1 Å². The number of likely N-dealkylation sites (N-methyl/N-ethyl adjacent to an activating group) is 1. The average molecular weight is 626 g/mol. The minimum absolute atomic E-state index is 0.178. The molecular weight excluding hydrogens is 591 g/mol. The van der Waals surface area contributed by atoms with Gasteiger partial charge in [-0.15, -0.1) is 36.2 Å². The molecule has 0 radical (unpaired) electrons. The van der Waals surface area contributed by atoms with E-state index in [1.54, 1.807) is 23.5 Å². The van der Waals surface area contributed by atoms with Gasteiger partial charge in [0.05, 0.1) is 16.6 Å². The summed E-state index contributed by atoms with van der Waals surface area (Å²) in [5, 5.41) is 1.16. The maximum atomic E-state index is 12.9. The molecule has 0 aliphatic carbocycles. The van der Waals surface area contributed by atoms with Gasteiger partial charge >= 0.3 is 5.97 Å². The molecule has 4 rings (SSSR count). The van der Waals surface area contributed by atoms with Gasteiger partial charge in [-0.05, 0) is 36.8 Å². The van der Waals surface area contributed by atoms with Crippen LogP contribution >= 0.6 is 48.4 Å². The van der Waals surface area contributed by atoms with Crippen LogP contribution in [0.15, 0.2) is 82.8 Å². The van der Waals surface area contributed by atoms with Crippen LogP contribution in [0.2, 0.25) is 0 Å². The fraction of sp³-hybridized carbons (Fsp3) is 0.323. The van der Waals surface area contributed by atoms with Gasteiger partial charge in [0.2, 0.25) is 0 Å². The number of nitrogens with zero attached hydrogens (tertiary/aromatic N) is 3. The lowest BCUT2D eigenvalue weighted by atomic mass is 10.2. The van der Waals surface area contributed by atoms with E-state index in [2.05, 4.69) is 49.2 Å². The Labute approximate surface area is 262 Å². The Kier molecular flexibility index (Phi) is 11.4. The molecule has 1 amide bonds. The van der Waals surface area contributed by atoms with Gasteiger partial charge in [0, 0.05) is 64.7 Å². The van der Waals surface area contributed by atoms with Gasteiger partial charge in [0.25, 0.3) is 5.91 Å². The second-order valence-electron chi connectivity index (χ2n) is 9.63. The zero-order valence-electron chi connectivity index (χ0n) is 23.4. The number of thiocarbonyl (C=S) groups is 1. The van der Waals surface area contributed by atoms with Crippen LogP contribution in [0.3, 0.4) is 0 Å². The Morgan fingerprint density at radius 1 is 1.24 bits per heavy atom. The smallest absolute Gasteiger partial charge is 0.326 e. The summed E-state index contributed by atoms with van der Waals surface area (Å²) >= 11 is 13.5. The summed E-state index contributed by atoms with van der Waals surface area (Å²) in [6.07, 6.45) is 4.19. The van der Waals surface area contributed by atoms with E-state index in [9.17, 15) is 9.59 Å². The van der Waals surface area contributed by atoms with Crippen LogP contribution in [0, 0.1) is 0 Å². The molecule has 0 spiro atoms. The molecule has 0 unspecified atom stereocenters. The van der Waals surface area contributed by atoms with Crippen molar-refractivity contribution in [3.8, 4) is 0 Å². The van der Waals surface area contributed by atoms with Crippen LogP contribution in [-0.2, 0) is 20.1 Å². The van der Waals surface area contributed by atoms with Crippen LogP contribution in [0.25, 0.3) is 4.91 Å². The Morgan fingerprint density at radius 3 is 2.78 bits per heavy atom. The molecule has 0 aromatic heterocycles. The highest BCUT2D eigenvalue weighted by Gasteiger charge is 2.32. The van der Waals surface area contributed by atoms with Gasteiger partial charge in [0.1, 0.15) is 13.2 Å². The lowest BCUT2D eigenvalue weighted by Crippen LogP contribution is -2.35. The van der Waals surface area contributed by atoms with Crippen molar-refractivity contribution in [2.75, 3.05) is 50.5 Å². The molecule has 2 aliphatic heterocycles. The van der Waals surface area contributed by atoms with Gasteiger partial charge in [-0.1, -0.05) is 55.2 Å². The highest BCUT2D eigenvalue weighted by molar-refractivity contribution is 8.07. The van der Waals surface area contributed by atoms with E-state index in [4.69, 9.17) is 17.0 Å². The summed E-state index contributed by atoms with van der Waals surface area (Å²) in [5.74, 6) is 1.18. The number of anilines is 1. The van der Waals surface area contributed by atoms with E-state index >= 15 is 0 Å². The van der Waals surface area contributed by atoms with E-state index < -0.39 is 5.97 Å². The molecule has 2 saturated heterocycles. The molecule has 6 nitrogen and oxygen atoms in total. The molecule has 2 aromatic carbocycles. The molecule has 2 fully saturated rings. The number of thioether (sulfide) groups is 2. The zero-order valence-corrected chi connectivity index (χ0v) is 26.7. The number of hydrogen-bond acceptors (Lipinski definition) is 9. The molecule has 2 aliphatic rings. The maximum Gasteiger partial charge on any atom is 0.326 e. The Hall–Kier alpha value is -2.66. The van der Waals surface area contributed by atoms with Crippen LogP contribution in [0.4, 0.5) is 5.69 Å². The van der Waals surface area contributed by atoms with Crippen molar-refractivity contribution in [3.63, 3.8) is 0 Å². The Bertz CT molecular complexity index is 1360. The molecule has 0 saturated carbocycles. The lowest BCUT2D eigenvalue weighted by Gasteiger charge is -2.21. The number of esters is 1. The zero-order chi connectivity index (χ0) is 29.4. The second kappa shape index (κ2) is 15.0. The fourth-order valence-corrected chi connectivity index (χ4v) is 7.02. The molecule has 2 aromatic rings. The molecule has 10 heteroatoms. The van der Waals surface area contributed by atoms with E-state index in [1.807, 2.05) is 54.4 Å². The average Bonchev–Trinajstić information content (AvgIpc) is 3.54. The van der Waals surface area contributed by atoms with Gasteiger partial charge in [-0.25, -0.2) is 0 Å². The number of likely N-dealkylation sites (tertiary alicyclic amines) is 1. The summed E-state index contributed by atoms with van der Waals surface area (Å²) < 4.78 is 5.47. The highest BCUT2D eigenvalue weighted by Crippen LogP contribution is 2.35. The fourth-order valence-electron chi connectivity index (χ4n) is 4.42. The van der Waals surface area contributed by atoms with E-state index in [0.29, 0.717) is 23.5 Å². The number of amides is 1. The van der Waals surface area contributed by atoms with Crippen LogP contribution < -0.4 is 4.90 Å². The monoisotopic (exact) mass is 625 g/mol. The quantitative estimate of drug-likeness (QED) is 0.129. The number of benzene rings is 2. The Balaban J connectivity index is 1.26. The number of carbonyl (C=O) groups is 2. The second-order valence-corrected chi connectivity index (χ2v) is 12.8. The maximum absolute atomic E-state index is 12.9. The van der Waals surface area contributed by atoms with Crippen molar-refractivity contribution in [1.29, 1.82) is 0 Å². The van der Waals surface area contributed by atoms with E-state index in [1.165, 1.54) is 10.5 Å². The first kappa shape index (κ1) is 31.3. The van der Waals surface area contributed by atoms with Crippen molar-refractivity contribution in [2.24, 2.45) is 0 Å².